The van der Waals surface area contributed by atoms with Crippen molar-refractivity contribution in [3.8, 4) is 0 Å². The Balaban J connectivity index is 1.83. The van der Waals surface area contributed by atoms with Crippen LogP contribution in [0.5, 0.6) is 0 Å². The van der Waals surface area contributed by atoms with Gasteiger partial charge in [-0.1, -0.05) is 24.3 Å². The van der Waals surface area contributed by atoms with Gasteiger partial charge >= 0.3 is 0 Å². The Bertz CT molecular complexity index is 496. The fraction of sp³-hybridized carbons (Fsp3) is 0.400. The van der Waals surface area contributed by atoms with Crippen molar-refractivity contribution < 1.29 is 5.11 Å². The topological polar surface area (TPSA) is 50.1 Å². The number of nitrogens with zero attached hydrogens (tertiary/aromatic N) is 2. The molecule has 1 aromatic heterocycles. The van der Waals surface area contributed by atoms with Crippen LogP contribution in [-0.2, 0) is 6.54 Å². The Hall–Kier alpha value is -1.65. The van der Waals surface area contributed by atoms with Crippen LogP contribution in [0.1, 0.15) is 24.1 Å². The van der Waals surface area contributed by atoms with Crippen molar-refractivity contribution in [2.24, 2.45) is 0 Å². The first-order chi connectivity index (χ1) is 9.16. The van der Waals surface area contributed by atoms with Crippen LogP contribution in [0, 0.1) is 6.92 Å². The van der Waals surface area contributed by atoms with E-state index in [1.165, 1.54) is 11.1 Å². The molecule has 1 aromatic carbocycles. The molecule has 102 valence electrons. The molecule has 19 heavy (non-hydrogen) atoms. The van der Waals surface area contributed by atoms with Gasteiger partial charge in [0.2, 0.25) is 0 Å². The van der Waals surface area contributed by atoms with Crippen molar-refractivity contribution in [1.82, 2.24) is 15.1 Å². The highest BCUT2D eigenvalue weighted by Crippen LogP contribution is 2.16. The quantitative estimate of drug-likeness (QED) is 0.833. The van der Waals surface area contributed by atoms with Crippen molar-refractivity contribution in [3.63, 3.8) is 0 Å². The van der Waals surface area contributed by atoms with Gasteiger partial charge in [-0.2, -0.15) is 5.10 Å². The molecule has 4 heteroatoms. The molecule has 0 bridgehead atoms. The predicted octanol–water partition coefficient (Wildman–Crippen LogP) is 1.90. The lowest BCUT2D eigenvalue weighted by molar-refractivity contribution is 0.143. The molecule has 2 unspecified atom stereocenters. The van der Waals surface area contributed by atoms with Crippen LogP contribution >= 0.6 is 0 Å². The van der Waals surface area contributed by atoms with Crippen LogP contribution < -0.4 is 5.32 Å². The van der Waals surface area contributed by atoms with Gasteiger partial charge < -0.3 is 10.4 Å². The van der Waals surface area contributed by atoms with Crippen LogP contribution in [0.25, 0.3) is 0 Å². The molecule has 0 radical (unpaired) electrons. The second kappa shape index (κ2) is 6.50. The maximum absolute atomic E-state index is 9.96. The Kier molecular flexibility index (Phi) is 4.71. The van der Waals surface area contributed by atoms with E-state index < -0.39 is 6.10 Å². The lowest BCUT2D eigenvalue weighted by Gasteiger charge is -2.19. The summed E-state index contributed by atoms with van der Waals surface area (Å²) in [6, 6.07) is 10.4. The maximum atomic E-state index is 9.96. The number of aliphatic hydroxyl groups excluding tert-OH is 1. The maximum Gasteiger partial charge on any atom is 0.0860 e. The number of benzene rings is 1. The number of hydrogen-bond donors (Lipinski definition) is 2. The zero-order valence-electron chi connectivity index (χ0n) is 11.5. The van der Waals surface area contributed by atoms with Gasteiger partial charge in [-0.3, -0.25) is 4.68 Å². The summed E-state index contributed by atoms with van der Waals surface area (Å²) >= 11 is 0. The highest BCUT2D eigenvalue weighted by molar-refractivity contribution is 5.28. The molecule has 0 amide bonds. The molecule has 0 fully saturated rings. The molecule has 2 aromatic rings. The minimum Gasteiger partial charge on any atom is -0.390 e. The highest BCUT2D eigenvalue weighted by Gasteiger charge is 2.10. The van der Waals surface area contributed by atoms with Crippen molar-refractivity contribution in [2.75, 3.05) is 6.54 Å². The summed E-state index contributed by atoms with van der Waals surface area (Å²) in [6.45, 7) is 5.28. The summed E-state index contributed by atoms with van der Waals surface area (Å²) in [5, 5.41) is 17.4. The zero-order chi connectivity index (χ0) is 13.7. The number of aromatic nitrogens is 2. The third kappa shape index (κ3) is 3.91. The van der Waals surface area contributed by atoms with Gasteiger partial charge in [0.25, 0.3) is 0 Å². The number of aliphatic hydroxyl groups is 1. The van der Waals surface area contributed by atoms with E-state index in [0.29, 0.717) is 13.1 Å². The fourth-order valence-corrected chi connectivity index (χ4v) is 2.18. The van der Waals surface area contributed by atoms with E-state index in [1.807, 2.05) is 24.4 Å². The van der Waals surface area contributed by atoms with Crippen molar-refractivity contribution in [2.45, 2.75) is 32.5 Å². The molecule has 4 nitrogen and oxygen atoms in total. The largest absolute Gasteiger partial charge is 0.390 e. The van der Waals surface area contributed by atoms with E-state index in [1.54, 1.807) is 10.9 Å². The average Bonchev–Trinajstić information content (AvgIpc) is 2.89. The molecule has 0 saturated carbocycles. The molecule has 2 rings (SSSR count). The highest BCUT2D eigenvalue weighted by atomic mass is 16.3. The first-order valence-electron chi connectivity index (χ1n) is 6.61. The van der Waals surface area contributed by atoms with E-state index >= 15 is 0 Å². The molecule has 0 aliphatic heterocycles. The van der Waals surface area contributed by atoms with E-state index in [-0.39, 0.29) is 6.04 Å². The Morgan fingerprint density at radius 2 is 2.11 bits per heavy atom. The molecule has 1 heterocycles. The summed E-state index contributed by atoms with van der Waals surface area (Å²) in [5.74, 6) is 0. The normalized spacial score (nSPS) is 14.3. The molecule has 0 aliphatic rings. The van der Waals surface area contributed by atoms with Crippen LogP contribution in [0.15, 0.2) is 42.7 Å². The van der Waals surface area contributed by atoms with Crippen molar-refractivity contribution in [3.05, 3.63) is 53.9 Å². The minimum absolute atomic E-state index is 0.230. The van der Waals surface area contributed by atoms with E-state index in [9.17, 15) is 5.11 Å². The van der Waals surface area contributed by atoms with Crippen molar-refractivity contribution >= 4 is 0 Å². The standard InChI is InChI=1S/C15H21N3O/c1-12-6-3-4-7-15(12)13(2)16-10-14(19)11-18-9-5-8-17-18/h3-9,13-14,16,19H,10-11H2,1-2H3. The van der Waals surface area contributed by atoms with Crippen LogP contribution in [0.2, 0.25) is 0 Å². The van der Waals surface area contributed by atoms with Gasteiger partial charge in [-0.15, -0.1) is 0 Å². The number of nitrogens with one attached hydrogen (secondary N) is 1. The second-order valence-electron chi connectivity index (χ2n) is 4.87. The Morgan fingerprint density at radius 3 is 2.79 bits per heavy atom. The fourth-order valence-electron chi connectivity index (χ4n) is 2.18. The molecular weight excluding hydrogens is 238 g/mol. The number of hydrogen-bond acceptors (Lipinski definition) is 3. The third-order valence-corrected chi connectivity index (χ3v) is 3.27. The summed E-state index contributed by atoms with van der Waals surface area (Å²) in [6.07, 6.45) is 3.13. The van der Waals surface area contributed by atoms with Gasteiger partial charge in [0.05, 0.1) is 12.6 Å². The van der Waals surface area contributed by atoms with Crippen molar-refractivity contribution in [1.29, 1.82) is 0 Å². The van der Waals surface area contributed by atoms with Gasteiger partial charge in [0.1, 0.15) is 0 Å². The smallest absolute Gasteiger partial charge is 0.0860 e. The van der Waals surface area contributed by atoms with Crippen LogP contribution in [-0.4, -0.2) is 27.5 Å². The number of aryl methyl sites for hydroxylation is 1. The summed E-state index contributed by atoms with van der Waals surface area (Å²) in [5.41, 5.74) is 2.54. The Morgan fingerprint density at radius 1 is 1.32 bits per heavy atom. The van der Waals surface area contributed by atoms with Gasteiger partial charge in [-0.25, -0.2) is 0 Å². The Labute approximate surface area is 114 Å². The lowest BCUT2D eigenvalue weighted by atomic mass is 10.0. The zero-order valence-corrected chi connectivity index (χ0v) is 11.5. The summed E-state index contributed by atoms with van der Waals surface area (Å²) in [4.78, 5) is 0. The first kappa shape index (κ1) is 13.8. The van der Waals surface area contributed by atoms with E-state index in [0.717, 1.165) is 0 Å². The predicted molar refractivity (Wildman–Crippen MR) is 75.8 cm³/mol. The minimum atomic E-state index is -0.439. The average molecular weight is 259 g/mol. The van der Waals surface area contributed by atoms with Crippen LogP contribution in [0.3, 0.4) is 0 Å². The molecule has 0 spiro atoms. The lowest BCUT2D eigenvalue weighted by Crippen LogP contribution is -2.32. The van der Waals surface area contributed by atoms with Crippen LogP contribution in [0.4, 0.5) is 0 Å². The molecular formula is C15H21N3O. The van der Waals surface area contributed by atoms with Gasteiger partial charge in [-0.05, 0) is 31.0 Å². The second-order valence-corrected chi connectivity index (χ2v) is 4.87. The molecule has 0 saturated heterocycles. The van der Waals surface area contributed by atoms with E-state index in [2.05, 4.69) is 36.4 Å². The summed E-state index contributed by atoms with van der Waals surface area (Å²) < 4.78 is 1.74. The summed E-state index contributed by atoms with van der Waals surface area (Å²) in [7, 11) is 0. The van der Waals surface area contributed by atoms with E-state index in [4.69, 9.17) is 0 Å². The molecule has 0 aliphatic carbocycles. The molecule has 2 atom stereocenters. The molecule has 2 N–H and O–H groups in total. The third-order valence-electron chi connectivity index (χ3n) is 3.27. The van der Waals surface area contributed by atoms with Gasteiger partial charge in [0, 0.05) is 25.0 Å². The SMILES string of the molecule is Cc1ccccc1C(C)NCC(O)Cn1cccn1. The monoisotopic (exact) mass is 259 g/mol. The number of rotatable bonds is 6. The first-order valence-corrected chi connectivity index (χ1v) is 6.61. The van der Waals surface area contributed by atoms with Gasteiger partial charge in [0.15, 0.2) is 0 Å².